The number of aryl methyl sites for hydroxylation is 1. The molecule has 5 nitrogen and oxygen atoms in total. The first-order valence-corrected chi connectivity index (χ1v) is 9.80. The molecule has 0 unspecified atom stereocenters. The van der Waals surface area contributed by atoms with Gasteiger partial charge in [-0.1, -0.05) is 12.1 Å². The van der Waals surface area contributed by atoms with E-state index in [-0.39, 0.29) is 18.9 Å². The van der Waals surface area contributed by atoms with Crippen LogP contribution in [-0.4, -0.2) is 31.1 Å². The highest BCUT2D eigenvalue weighted by atomic mass is 19.4. The number of methoxy groups -OCH3 is 1. The van der Waals surface area contributed by atoms with Gasteiger partial charge >= 0.3 is 12.1 Å². The van der Waals surface area contributed by atoms with Gasteiger partial charge in [0, 0.05) is 18.1 Å². The van der Waals surface area contributed by atoms with E-state index in [1.54, 1.807) is 32.9 Å². The lowest BCUT2D eigenvalue weighted by atomic mass is 9.94. The Bertz CT molecular complexity index is 992. The van der Waals surface area contributed by atoms with Gasteiger partial charge in [0.05, 0.1) is 18.4 Å². The Morgan fingerprint density at radius 3 is 2.26 bits per heavy atom. The third-order valence-corrected chi connectivity index (χ3v) is 4.83. The first-order valence-electron chi connectivity index (χ1n) is 9.80. The average Bonchev–Trinajstić information content (AvgIpc) is 2.67. The number of carbonyl (C=O) groups excluding carboxylic acids is 2. The first-order chi connectivity index (χ1) is 14.4. The topological polar surface area (TPSA) is 55.8 Å². The summed E-state index contributed by atoms with van der Waals surface area (Å²) in [7, 11) is 1.44. The molecule has 0 aliphatic carbocycles. The number of hydrogen-bond donors (Lipinski definition) is 0. The van der Waals surface area contributed by atoms with Crippen molar-refractivity contribution in [2.75, 3.05) is 18.6 Å². The van der Waals surface area contributed by atoms with Crippen LogP contribution in [0.2, 0.25) is 0 Å². The van der Waals surface area contributed by atoms with Crippen molar-refractivity contribution in [1.82, 2.24) is 0 Å². The highest BCUT2D eigenvalue weighted by Gasteiger charge is 2.31. The minimum atomic E-state index is -4.42. The van der Waals surface area contributed by atoms with E-state index in [1.807, 2.05) is 0 Å². The molecular formula is C23H24F3NO4. The van der Waals surface area contributed by atoms with Crippen LogP contribution in [0.3, 0.4) is 0 Å². The molecule has 0 radical (unpaired) electrons. The predicted octanol–water partition coefficient (Wildman–Crippen LogP) is 5.00. The second-order valence-corrected chi connectivity index (χ2v) is 8.32. The Morgan fingerprint density at radius 2 is 1.71 bits per heavy atom. The van der Waals surface area contributed by atoms with Crippen molar-refractivity contribution in [3.05, 3.63) is 47.5 Å². The number of carbonyl (C=O) groups is 2. The first kappa shape index (κ1) is 22.7. The number of alkyl halides is 3. The minimum Gasteiger partial charge on any atom is -0.496 e. The number of benzene rings is 2. The standard InChI is InChI=1S/C23H24F3NO4/c1-22(2,3)31-21(29)13-27-18-12-19(30-4)17(11-15(18)7-10-20(27)28)14-5-8-16(9-6-14)23(24,25)26/h5-6,8-9,11-12H,7,10,13H2,1-4H3. The summed E-state index contributed by atoms with van der Waals surface area (Å²) < 4.78 is 49.4. The maximum atomic E-state index is 12.9. The van der Waals surface area contributed by atoms with Crippen LogP contribution in [0.1, 0.15) is 38.3 Å². The summed E-state index contributed by atoms with van der Waals surface area (Å²) in [6.07, 6.45) is -3.74. The number of anilines is 1. The van der Waals surface area contributed by atoms with Gasteiger partial charge in [0.15, 0.2) is 0 Å². The molecule has 166 valence electrons. The van der Waals surface area contributed by atoms with Gasteiger partial charge in [-0.3, -0.25) is 9.59 Å². The molecule has 2 aromatic carbocycles. The molecule has 0 aromatic heterocycles. The Kier molecular flexibility index (Phi) is 6.02. The quantitative estimate of drug-likeness (QED) is 0.634. The molecular weight excluding hydrogens is 411 g/mol. The van der Waals surface area contributed by atoms with Gasteiger partial charge < -0.3 is 14.4 Å². The van der Waals surface area contributed by atoms with Crippen LogP contribution < -0.4 is 9.64 Å². The highest BCUT2D eigenvalue weighted by molar-refractivity contribution is 6.01. The molecule has 31 heavy (non-hydrogen) atoms. The molecule has 0 bridgehead atoms. The van der Waals surface area contributed by atoms with Gasteiger partial charge in [-0.15, -0.1) is 0 Å². The van der Waals surface area contributed by atoms with Crippen molar-refractivity contribution in [1.29, 1.82) is 0 Å². The lowest BCUT2D eigenvalue weighted by Gasteiger charge is -2.31. The van der Waals surface area contributed by atoms with Crippen LogP contribution in [-0.2, 0) is 26.9 Å². The van der Waals surface area contributed by atoms with E-state index in [0.717, 1.165) is 17.7 Å². The summed E-state index contributed by atoms with van der Waals surface area (Å²) in [4.78, 5) is 26.2. The number of hydrogen-bond acceptors (Lipinski definition) is 4. The van der Waals surface area contributed by atoms with E-state index >= 15 is 0 Å². The molecule has 1 aliphatic heterocycles. The number of fused-ring (bicyclic) bond motifs is 1. The van der Waals surface area contributed by atoms with Crippen molar-refractivity contribution in [3.8, 4) is 16.9 Å². The van der Waals surface area contributed by atoms with E-state index < -0.39 is 23.3 Å². The van der Waals surface area contributed by atoms with E-state index in [9.17, 15) is 22.8 Å². The smallest absolute Gasteiger partial charge is 0.416 e. The number of rotatable bonds is 4. The minimum absolute atomic E-state index is 0.206. The molecule has 0 fully saturated rings. The fourth-order valence-electron chi connectivity index (χ4n) is 3.49. The highest BCUT2D eigenvalue weighted by Crippen LogP contribution is 2.40. The molecule has 0 atom stereocenters. The van der Waals surface area contributed by atoms with Crippen molar-refractivity contribution in [2.24, 2.45) is 0 Å². The molecule has 1 aliphatic rings. The van der Waals surface area contributed by atoms with E-state index in [1.165, 1.54) is 24.1 Å². The molecule has 8 heteroatoms. The average molecular weight is 435 g/mol. The van der Waals surface area contributed by atoms with Crippen molar-refractivity contribution >= 4 is 17.6 Å². The molecule has 0 saturated carbocycles. The van der Waals surface area contributed by atoms with E-state index in [0.29, 0.717) is 29.0 Å². The number of nitrogens with zero attached hydrogens (tertiary/aromatic N) is 1. The summed E-state index contributed by atoms with van der Waals surface area (Å²) in [5, 5.41) is 0. The van der Waals surface area contributed by atoms with Crippen LogP contribution in [0.15, 0.2) is 36.4 Å². The summed E-state index contributed by atoms with van der Waals surface area (Å²) in [6, 6.07) is 8.26. The fourth-order valence-corrected chi connectivity index (χ4v) is 3.49. The Balaban J connectivity index is 1.97. The van der Waals surface area contributed by atoms with E-state index in [2.05, 4.69) is 0 Å². The number of halogens is 3. The zero-order chi connectivity index (χ0) is 23.0. The van der Waals surface area contributed by atoms with Crippen LogP contribution in [0, 0.1) is 0 Å². The van der Waals surface area contributed by atoms with Crippen LogP contribution in [0.25, 0.3) is 11.1 Å². The van der Waals surface area contributed by atoms with Gasteiger partial charge in [-0.2, -0.15) is 13.2 Å². The number of amides is 1. The molecule has 2 aromatic rings. The molecule has 3 rings (SSSR count). The monoisotopic (exact) mass is 435 g/mol. The molecule has 0 N–H and O–H groups in total. The second-order valence-electron chi connectivity index (χ2n) is 8.32. The number of ether oxygens (including phenoxy) is 2. The maximum absolute atomic E-state index is 12.9. The van der Waals surface area contributed by atoms with Crippen LogP contribution in [0.5, 0.6) is 5.75 Å². The molecule has 0 spiro atoms. The van der Waals surface area contributed by atoms with Crippen molar-refractivity contribution in [2.45, 2.75) is 45.4 Å². The zero-order valence-electron chi connectivity index (χ0n) is 17.8. The van der Waals surface area contributed by atoms with Crippen LogP contribution in [0.4, 0.5) is 18.9 Å². The zero-order valence-corrected chi connectivity index (χ0v) is 17.8. The molecule has 1 amide bonds. The van der Waals surface area contributed by atoms with Gasteiger partial charge in [-0.25, -0.2) is 0 Å². The summed E-state index contributed by atoms with van der Waals surface area (Å²) in [5.74, 6) is -0.343. The lowest BCUT2D eigenvalue weighted by molar-refractivity contribution is -0.153. The third-order valence-electron chi connectivity index (χ3n) is 4.83. The number of esters is 1. The van der Waals surface area contributed by atoms with Gasteiger partial charge in [0.25, 0.3) is 0 Å². The lowest BCUT2D eigenvalue weighted by Crippen LogP contribution is -2.41. The SMILES string of the molecule is COc1cc2c(cc1-c1ccc(C(F)(F)F)cc1)CCC(=O)N2CC(=O)OC(C)(C)C. The fraction of sp³-hybridized carbons (Fsp3) is 0.391. The largest absolute Gasteiger partial charge is 0.496 e. The molecule has 0 saturated heterocycles. The summed E-state index contributed by atoms with van der Waals surface area (Å²) in [6.45, 7) is 5.01. The normalized spacial score (nSPS) is 14.3. The van der Waals surface area contributed by atoms with Crippen molar-refractivity contribution < 1.29 is 32.2 Å². The Labute approximate surface area is 178 Å². The van der Waals surface area contributed by atoms with E-state index in [4.69, 9.17) is 9.47 Å². The maximum Gasteiger partial charge on any atom is 0.416 e. The van der Waals surface area contributed by atoms with Gasteiger partial charge in [0.1, 0.15) is 17.9 Å². The Morgan fingerprint density at radius 1 is 1.06 bits per heavy atom. The van der Waals surface area contributed by atoms with Crippen LogP contribution >= 0.6 is 0 Å². The summed E-state index contributed by atoms with van der Waals surface area (Å²) in [5.41, 5.74) is 1.10. The molecule has 1 heterocycles. The van der Waals surface area contributed by atoms with Gasteiger partial charge in [-0.05, 0) is 56.5 Å². The predicted molar refractivity (Wildman–Crippen MR) is 110 cm³/mol. The second kappa shape index (κ2) is 8.24. The van der Waals surface area contributed by atoms with Crippen molar-refractivity contribution in [3.63, 3.8) is 0 Å². The summed E-state index contributed by atoms with van der Waals surface area (Å²) >= 11 is 0. The third kappa shape index (κ3) is 5.18. The Hall–Kier alpha value is -3.03. The van der Waals surface area contributed by atoms with Gasteiger partial charge in [0.2, 0.25) is 5.91 Å².